The first-order valence-corrected chi connectivity index (χ1v) is 12.3. The van der Waals surface area contributed by atoms with E-state index in [4.69, 9.17) is 4.74 Å². The van der Waals surface area contributed by atoms with Crippen LogP contribution in [0.25, 0.3) is 5.69 Å². The van der Waals surface area contributed by atoms with Gasteiger partial charge in [-0.05, 0) is 57.1 Å². The second-order valence-electron chi connectivity index (χ2n) is 8.61. The van der Waals surface area contributed by atoms with Crippen LogP contribution in [0, 0.1) is 5.92 Å². The Morgan fingerprint density at radius 3 is 2.52 bits per heavy atom. The van der Waals surface area contributed by atoms with Crippen LogP contribution in [0.15, 0.2) is 29.4 Å². The fourth-order valence-corrected chi connectivity index (χ4v) is 5.30. The van der Waals surface area contributed by atoms with E-state index in [9.17, 15) is 4.79 Å². The maximum absolute atomic E-state index is 13.1. The summed E-state index contributed by atoms with van der Waals surface area (Å²) in [5, 5.41) is 9.61. The van der Waals surface area contributed by atoms with Gasteiger partial charge in [0.05, 0.1) is 18.0 Å². The van der Waals surface area contributed by atoms with Crippen LogP contribution in [0.2, 0.25) is 0 Å². The molecule has 3 heterocycles. The molecule has 2 fully saturated rings. The molecule has 4 rings (SSSR count). The quantitative estimate of drug-likeness (QED) is 0.629. The molecule has 2 aliphatic rings. The number of carbonyl (C=O) groups is 1. The van der Waals surface area contributed by atoms with Crippen LogP contribution >= 0.6 is 11.8 Å². The van der Waals surface area contributed by atoms with Gasteiger partial charge in [0.1, 0.15) is 5.75 Å². The summed E-state index contributed by atoms with van der Waals surface area (Å²) in [5.41, 5.74) is 0.907. The molecule has 1 atom stereocenters. The molecule has 1 aromatic carbocycles. The second kappa shape index (κ2) is 9.94. The summed E-state index contributed by atoms with van der Waals surface area (Å²) in [4.78, 5) is 17.4. The first-order chi connectivity index (χ1) is 15.1. The Labute approximate surface area is 189 Å². The molecule has 0 radical (unpaired) electrons. The van der Waals surface area contributed by atoms with E-state index in [1.807, 2.05) is 36.1 Å². The highest BCUT2D eigenvalue weighted by Crippen LogP contribution is 2.34. The lowest BCUT2D eigenvalue weighted by molar-refractivity contribution is -0.131. The fraction of sp³-hybridized carbons (Fsp3) is 0.609. The van der Waals surface area contributed by atoms with Crippen LogP contribution in [0.3, 0.4) is 0 Å². The summed E-state index contributed by atoms with van der Waals surface area (Å²) in [5.74, 6) is 2.49. The first kappa shape index (κ1) is 22.0. The van der Waals surface area contributed by atoms with Gasteiger partial charge in [0.2, 0.25) is 11.9 Å². The summed E-state index contributed by atoms with van der Waals surface area (Å²) < 4.78 is 7.71. The van der Waals surface area contributed by atoms with E-state index in [-0.39, 0.29) is 11.2 Å². The molecule has 7 nitrogen and oxygen atoms in total. The van der Waals surface area contributed by atoms with E-state index in [0.717, 1.165) is 74.4 Å². The van der Waals surface area contributed by atoms with E-state index in [1.54, 1.807) is 7.11 Å². The van der Waals surface area contributed by atoms with Gasteiger partial charge in [0.15, 0.2) is 5.16 Å². The zero-order valence-electron chi connectivity index (χ0n) is 18.8. The third kappa shape index (κ3) is 4.84. The highest BCUT2D eigenvalue weighted by atomic mass is 32.2. The molecule has 31 heavy (non-hydrogen) atoms. The number of amides is 1. The van der Waals surface area contributed by atoms with Crippen LogP contribution in [0.4, 0.5) is 5.95 Å². The highest BCUT2D eigenvalue weighted by molar-refractivity contribution is 8.00. The molecule has 8 heteroatoms. The van der Waals surface area contributed by atoms with Crippen molar-refractivity contribution in [3.63, 3.8) is 0 Å². The van der Waals surface area contributed by atoms with Crippen molar-refractivity contribution < 1.29 is 9.53 Å². The molecular formula is C23H33N5O2S. The van der Waals surface area contributed by atoms with Crippen molar-refractivity contribution in [1.82, 2.24) is 19.7 Å². The minimum absolute atomic E-state index is 0.186. The lowest BCUT2D eigenvalue weighted by Crippen LogP contribution is -2.41. The minimum Gasteiger partial charge on any atom is -0.495 e. The number of ether oxygens (including phenoxy) is 1. The van der Waals surface area contributed by atoms with E-state index in [0.29, 0.717) is 5.92 Å². The smallest absolute Gasteiger partial charge is 0.235 e. The molecule has 0 aliphatic carbocycles. The molecule has 1 aromatic heterocycles. The third-order valence-electron chi connectivity index (χ3n) is 6.31. The van der Waals surface area contributed by atoms with Crippen molar-refractivity contribution in [2.45, 2.75) is 56.4 Å². The molecule has 2 aliphatic heterocycles. The van der Waals surface area contributed by atoms with E-state index in [1.165, 1.54) is 18.2 Å². The Morgan fingerprint density at radius 1 is 1.10 bits per heavy atom. The Bertz CT molecular complexity index is 888. The maximum Gasteiger partial charge on any atom is 0.235 e. The number of nitrogens with zero attached hydrogens (tertiary/aromatic N) is 5. The number of anilines is 1. The number of likely N-dealkylation sites (tertiary alicyclic amines) is 1. The number of hydrogen-bond acceptors (Lipinski definition) is 6. The number of benzene rings is 1. The third-order valence-corrected chi connectivity index (χ3v) is 7.34. The number of thioether (sulfide) groups is 1. The molecule has 0 bridgehead atoms. The SMILES string of the molecule is COc1ccccc1-n1c(SC(C)C(=O)N2CCC(C)CC2)nnc1N1CCCCC1. The van der Waals surface area contributed by atoms with Gasteiger partial charge in [-0.1, -0.05) is 30.8 Å². The van der Waals surface area contributed by atoms with Gasteiger partial charge < -0.3 is 14.5 Å². The topological polar surface area (TPSA) is 63.5 Å². The van der Waals surface area contributed by atoms with E-state index >= 15 is 0 Å². The van der Waals surface area contributed by atoms with Gasteiger partial charge in [-0.3, -0.25) is 9.36 Å². The van der Waals surface area contributed by atoms with Crippen LogP contribution in [0.5, 0.6) is 5.75 Å². The number of hydrogen-bond donors (Lipinski definition) is 0. The second-order valence-corrected chi connectivity index (χ2v) is 9.91. The van der Waals surface area contributed by atoms with Gasteiger partial charge in [-0.15, -0.1) is 10.2 Å². The molecular weight excluding hydrogens is 410 g/mol. The van der Waals surface area contributed by atoms with Gasteiger partial charge in [0.25, 0.3) is 0 Å². The normalized spacial score (nSPS) is 18.8. The molecule has 2 aromatic rings. The van der Waals surface area contributed by atoms with Crippen molar-refractivity contribution >= 4 is 23.6 Å². The van der Waals surface area contributed by atoms with Crippen molar-refractivity contribution in [1.29, 1.82) is 0 Å². The minimum atomic E-state index is -0.222. The average molecular weight is 444 g/mol. The molecule has 1 amide bonds. The van der Waals surface area contributed by atoms with Crippen molar-refractivity contribution in [3.8, 4) is 11.4 Å². The predicted molar refractivity (Wildman–Crippen MR) is 124 cm³/mol. The van der Waals surface area contributed by atoms with Crippen molar-refractivity contribution in [2.24, 2.45) is 5.92 Å². The summed E-state index contributed by atoms with van der Waals surface area (Å²) in [6, 6.07) is 7.94. The van der Waals surface area contributed by atoms with E-state index in [2.05, 4.69) is 26.6 Å². The lowest BCUT2D eigenvalue weighted by atomic mass is 9.99. The lowest BCUT2D eigenvalue weighted by Gasteiger charge is -2.32. The first-order valence-electron chi connectivity index (χ1n) is 11.4. The fourth-order valence-electron chi connectivity index (χ4n) is 4.36. The number of para-hydroxylation sites is 2. The van der Waals surface area contributed by atoms with Crippen LogP contribution in [0.1, 0.15) is 46.0 Å². The van der Waals surface area contributed by atoms with Gasteiger partial charge in [0, 0.05) is 26.2 Å². The van der Waals surface area contributed by atoms with Gasteiger partial charge >= 0.3 is 0 Å². The average Bonchev–Trinajstić information content (AvgIpc) is 3.22. The number of carbonyl (C=O) groups excluding carboxylic acids is 1. The summed E-state index contributed by atoms with van der Waals surface area (Å²) in [6.07, 6.45) is 5.73. The molecule has 0 saturated carbocycles. The Kier molecular flexibility index (Phi) is 7.05. The summed E-state index contributed by atoms with van der Waals surface area (Å²) in [6.45, 7) is 7.88. The van der Waals surface area contributed by atoms with E-state index < -0.39 is 0 Å². The maximum atomic E-state index is 13.1. The number of aromatic nitrogens is 3. The highest BCUT2D eigenvalue weighted by Gasteiger charge is 2.29. The standard InChI is InChI=1S/C23H33N5O2S/c1-17-11-15-26(16-12-17)21(29)18(2)31-23-25-24-22(27-13-7-4-8-14-27)28(23)19-9-5-6-10-20(19)30-3/h5-6,9-10,17-18H,4,7-8,11-16H2,1-3H3. The van der Waals surface area contributed by atoms with Crippen molar-refractivity contribution in [3.05, 3.63) is 24.3 Å². The zero-order valence-corrected chi connectivity index (χ0v) is 19.6. The Morgan fingerprint density at radius 2 is 1.81 bits per heavy atom. The molecule has 2 saturated heterocycles. The Hall–Kier alpha value is -2.22. The van der Waals surface area contributed by atoms with Gasteiger partial charge in [-0.25, -0.2) is 0 Å². The van der Waals surface area contributed by atoms with Crippen LogP contribution < -0.4 is 9.64 Å². The van der Waals surface area contributed by atoms with Gasteiger partial charge in [-0.2, -0.15) is 0 Å². The zero-order chi connectivity index (χ0) is 21.8. The molecule has 0 N–H and O–H groups in total. The monoisotopic (exact) mass is 443 g/mol. The number of rotatable bonds is 6. The molecule has 0 spiro atoms. The largest absolute Gasteiger partial charge is 0.495 e. The molecule has 168 valence electrons. The van der Waals surface area contributed by atoms with Crippen LogP contribution in [-0.4, -0.2) is 64.1 Å². The molecule has 1 unspecified atom stereocenters. The summed E-state index contributed by atoms with van der Waals surface area (Å²) >= 11 is 1.49. The number of methoxy groups -OCH3 is 1. The van der Waals surface area contributed by atoms with Crippen molar-refractivity contribution in [2.75, 3.05) is 38.2 Å². The number of piperidine rings is 2. The summed E-state index contributed by atoms with van der Waals surface area (Å²) in [7, 11) is 1.68. The predicted octanol–water partition coefficient (Wildman–Crippen LogP) is 4.01. The Balaban J connectivity index is 1.62. The van der Waals surface area contributed by atoms with Crippen LogP contribution in [-0.2, 0) is 4.79 Å².